The maximum Gasteiger partial charge on any atom is 0.339 e. The van der Waals surface area contributed by atoms with E-state index in [0.717, 1.165) is 0 Å². The summed E-state index contributed by atoms with van der Waals surface area (Å²) in [4.78, 5) is 23.1. The molecule has 1 heterocycles. The third-order valence-corrected chi connectivity index (χ3v) is 3.26. The van der Waals surface area contributed by atoms with E-state index in [2.05, 4.69) is 25.4 Å². The zero-order valence-corrected chi connectivity index (χ0v) is 10.2. The maximum atomic E-state index is 11.6. The Morgan fingerprint density at radius 1 is 1.31 bits per heavy atom. The summed E-state index contributed by atoms with van der Waals surface area (Å²) in [6.07, 6.45) is 1.24. The van der Waals surface area contributed by atoms with Gasteiger partial charge >= 0.3 is 11.9 Å². The molecule has 0 saturated carbocycles. The molecule has 2 rings (SSSR count). The number of halogens is 1. The summed E-state index contributed by atoms with van der Waals surface area (Å²) in [6, 6.07) is 0. The molecule has 0 aromatic rings. The summed E-state index contributed by atoms with van der Waals surface area (Å²) in [6.45, 7) is 0. The predicted molar refractivity (Wildman–Crippen MR) is 56.7 cm³/mol. The van der Waals surface area contributed by atoms with E-state index in [1.807, 2.05) is 0 Å². The van der Waals surface area contributed by atoms with Crippen LogP contribution in [-0.2, 0) is 23.8 Å². The predicted octanol–water partition coefficient (Wildman–Crippen LogP) is 0.689. The molecule has 0 aromatic carbocycles. The molecule has 1 fully saturated rings. The molecule has 5 nitrogen and oxygen atoms in total. The lowest BCUT2D eigenvalue weighted by atomic mass is 9.98. The molecule has 1 saturated heterocycles. The van der Waals surface area contributed by atoms with Gasteiger partial charge in [0.2, 0.25) is 0 Å². The Morgan fingerprint density at radius 3 is 2.50 bits per heavy atom. The number of hydrogen-bond acceptors (Lipinski definition) is 5. The molecule has 6 heteroatoms. The van der Waals surface area contributed by atoms with Crippen molar-refractivity contribution in [3.63, 3.8) is 0 Å². The number of ether oxygens (including phenoxy) is 3. The van der Waals surface area contributed by atoms with Gasteiger partial charge in [0, 0.05) is 4.48 Å². The summed E-state index contributed by atoms with van der Waals surface area (Å²) in [5.74, 6) is -1.16. The molecule has 1 aliphatic carbocycles. The van der Waals surface area contributed by atoms with E-state index in [4.69, 9.17) is 4.74 Å². The van der Waals surface area contributed by atoms with E-state index in [0.29, 0.717) is 4.48 Å². The fourth-order valence-corrected chi connectivity index (χ4v) is 2.31. The molecule has 0 spiro atoms. The first kappa shape index (κ1) is 11.3. The Hall–Kier alpha value is -1.14. The molecule has 2 atom stereocenters. The van der Waals surface area contributed by atoms with Crippen molar-refractivity contribution in [2.45, 2.75) is 12.2 Å². The summed E-state index contributed by atoms with van der Waals surface area (Å²) in [7, 11) is 2.51. The fourth-order valence-electron chi connectivity index (χ4n) is 1.56. The largest absolute Gasteiger partial charge is 0.465 e. The first-order chi connectivity index (χ1) is 7.60. The Morgan fingerprint density at radius 2 is 1.94 bits per heavy atom. The van der Waals surface area contributed by atoms with E-state index < -0.39 is 11.9 Å². The summed E-state index contributed by atoms with van der Waals surface area (Å²) in [5, 5.41) is 0. The molecular weight excluding hydrogens is 280 g/mol. The van der Waals surface area contributed by atoms with Gasteiger partial charge in [0.25, 0.3) is 0 Å². The average molecular weight is 289 g/mol. The van der Waals surface area contributed by atoms with Crippen LogP contribution in [0.3, 0.4) is 0 Å². The molecule has 0 N–H and O–H groups in total. The minimum absolute atomic E-state index is 0.156. The van der Waals surface area contributed by atoms with Gasteiger partial charge in [0.15, 0.2) is 0 Å². The van der Waals surface area contributed by atoms with Crippen molar-refractivity contribution in [3.05, 3.63) is 21.7 Å². The smallest absolute Gasteiger partial charge is 0.339 e. The monoisotopic (exact) mass is 288 g/mol. The SMILES string of the molecule is COC(=O)C1=C[C@@H]2O[C@H]2C(Br)=C1C(=O)OC. The van der Waals surface area contributed by atoms with Crippen molar-refractivity contribution >= 4 is 27.9 Å². The van der Waals surface area contributed by atoms with Crippen molar-refractivity contribution in [1.82, 2.24) is 0 Å². The highest BCUT2D eigenvalue weighted by molar-refractivity contribution is 9.11. The zero-order chi connectivity index (χ0) is 11.9. The lowest BCUT2D eigenvalue weighted by Gasteiger charge is -2.12. The van der Waals surface area contributed by atoms with Gasteiger partial charge < -0.3 is 14.2 Å². The number of carbonyl (C=O) groups excluding carboxylic acids is 2. The maximum absolute atomic E-state index is 11.6. The molecule has 16 heavy (non-hydrogen) atoms. The van der Waals surface area contributed by atoms with E-state index in [-0.39, 0.29) is 23.4 Å². The van der Waals surface area contributed by atoms with Gasteiger partial charge in [-0.15, -0.1) is 0 Å². The van der Waals surface area contributed by atoms with Crippen LogP contribution in [0.5, 0.6) is 0 Å². The van der Waals surface area contributed by atoms with Crippen LogP contribution in [0.15, 0.2) is 21.7 Å². The zero-order valence-electron chi connectivity index (χ0n) is 8.65. The Labute approximate surface area is 100 Å². The van der Waals surface area contributed by atoms with Crippen LogP contribution in [0.25, 0.3) is 0 Å². The Balaban J connectivity index is 2.42. The van der Waals surface area contributed by atoms with Crippen LogP contribution >= 0.6 is 15.9 Å². The fraction of sp³-hybridized carbons (Fsp3) is 0.400. The molecule has 86 valence electrons. The lowest BCUT2D eigenvalue weighted by Crippen LogP contribution is -2.20. The van der Waals surface area contributed by atoms with Gasteiger partial charge in [-0.1, -0.05) is 15.9 Å². The van der Waals surface area contributed by atoms with Gasteiger partial charge in [0.05, 0.1) is 25.4 Å². The first-order valence-electron chi connectivity index (χ1n) is 4.54. The normalized spacial score (nSPS) is 26.8. The third kappa shape index (κ3) is 1.68. The quantitative estimate of drug-likeness (QED) is 0.553. The van der Waals surface area contributed by atoms with Crippen LogP contribution in [-0.4, -0.2) is 38.4 Å². The molecule has 0 aromatic heterocycles. The molecule has 0 amide bonds. The highest BCUT2D eigenvalue weighted by atomic mass is 79.9. The molecule has 1 aliphatic heterocycles. The summed E-state index contributed by atoms with van der Waals surface area (Å²) >= 11 is 3.25. The van der Waals surface area contributed by atoms with Crippen LogP contribution < -0.4 is 0 Å². The van der Waals surface area contributed by atoms with Gasteiger partial charge in [-0.05, 0) is 6.08 Å². The Kier molecular flexibility index (Phi) is 2.86. The van der Waals surface area contributed by atoms with Crippen molar-refractivity contribution < 1.29 is 23.8 Å². The summed E-state index contributed by atoms with van der Waals surface area (Å²) < 4.78 is 15.0. The van der Waals surface area contributed by atoms with Crippen LogP contribution in [0, 0.1) is 0 Å². The highest BCUT2D eigenvalue weighted by Gasteiger charge is 2.47. The number of hydrogen-bond donors (Lipinski definition) is 0. The molecular formula is C10H9BrO5. The molecule has 2 aliphatic rings. The lowest BCUT2D eigenvalue weighted by molar-refractivity contribution is -0.139. The number of esters is 2. The minimum atomic E-state index is -0.586. The van der Waals surface area contributed by atoms with Crippen LogP contribution in [0.4, 0.5) is 0 Å². The third-order valence-electron chi connectivity index (χ3n) is 2.41. The second kappa shape index (κ2) is 4.03. The van der Waals surface area contributed by atoms with Crippen LogP contribution in [0.2, 0.25) is 0 Å². The van der Waals surface area contributed by atoms with E-state index in [1.165, 1.54) is 14.2 Å². The summed E-state index contributed by atoms with van der Waals surface area (Å²) in [5.41, 5.74) is 0.355. The highest BCUT2D eigenvalue weighted by Crippen LogP contribution is 2.42. The average Bonchev–Trinajstić information content (AvgIpc) is 3.06. The van der Waals surface area contributed by atoms with E-state index >= 15 is 0 Å². The number of carbonyl (C=O) groups is 2. The molecule has 0 unspecified atom stereocenters. The van der Waals surface area contributed by atoms with Crippen molar-refractivity contribution in [2.75, 3.05) is 14.2 Å². The minimum Gasteiger partial charge on any atom is -0.465 e. The van der Waals surface area contributed by atoms with E-state index in [9.17, 15) is 9.59 Å². The second-order valence-electron chi connectivity index (χ2n) is 3.31. The van der Waals surface area contributed by atoms with Gasteiger partial charge in [-0.25, -0.2) is 9.59 Å². The number of fused-ring (bicyclic) bond motifs is 1. The second-order valence-corrected chi connectivity index (χ2v) is 4.16. The molecule has 0 radical (unpaired) electrons. The van der Waals surface area contributed by atoms with Crippen LogP contribution in [0.1, 0.15) is 0 Å². The topological polar surface area (TPSA) is 65.1 Å². The molecule has 0 bridgehead atoms. The standard InChI is InChI=1S/C10H9BrO5/c1-14-9(12)4-3-5-8(16-5)7(11)6(4)10(13)15-2/h3,5,8H,1-2H3/t5-,8+/m0/s1. The van der Waals surface area contributed by atoms with Crippen molar-refractivity contribution in [3.8, 4) is 0 Å². The first-order valence-corrected chi connectivity index (χ1v) is 5.33. The van der Waals surface area contributed by atoms with Gasteiger partial charge in [0.1, 0.15) is 12.2 Å². The Bertz CT molecular complexity index is 423. The number of rotatable bonds is 2. The number of epoxide rings is 1. The van der Waals surface area contributed by atoms with E-state index in [1.54, 1.807) is 6.08 Å². The van der Waals surface area contributed by atoms with Crippen molar-refractivity contribution in [2.24, 2.45) is 0 Å². The number of methoxy groups -OCH3 is 2. The van der Waals surface area contributed by atoms with Gasteiger partial charge in [-0.3, -0.25) is 0 Å². The van der Waals surface area contributed by atoms with Crippen molar-refractivity contribution in [1.29, 1.82) is 0 Å². The van der Waals surface area contributed by atoms with Gasteiger partial charge in [-0.2, -0.15) is 0 Å².